The van der Waals surface area contributed by atoms with E-state index in [2.05, 4.69) is 0 Å². The van der Waals surface area contributed by atoms with Crippen molar-refractivity contribution in [3.63, 3.8) is 0 Å². The van der Waals surface area contributed by atoms with E-state index in [0.29, 0.717) is 19.3 Å². The number of hydrogen-bond acceptors (Lipinski definition) is 3. The molecular formula is C6H12N2O3. The first kappa shape index (κ1) is 8.29. The van der Waals surface area contributed by atoms with Crippen LogP contribution in [0.15, 0.2) is 0 Å². The normalized spacial score (nSPS) is 32.0. The summed E-state index contributed by atoms with van der Waals surface area (Å²) < 4.78 is 0. The fourth-order valence-electron chi connectivity index (χ4n) is 1.25. The Morgan fingerprint density at radius 1 is 1.36 bits per heavy atom. The van der Waals surface area contributed by atoms with Gasteiger partial charge in [-0.25, -0.2) is 4.79 Å². The number of aliphatic hydroxyl groups excluding tert-OH is 2. The van der Waals surface area contributed by atoms with Gasteiger partial charge in [-0.2, -0.15) is 0 Å². The summed E-state index contributed by atoms with van der Waals surface area (Å²) in [4.78, 5) is 11.5. The van der Waals surface area contributed by atoms with Crippen molar-refractivity contribution in [2.24, 2.45) is 5.73 Å². The van der Waals surface area contributed by atoms with Crippen LogP contribution in [0.5, 0.6) is 0 Å². The average Bonchev–Trinajstić information content (AvgIpc) is 1.85. The molecule has 2 unspecified atom stereocenters. The lowest BCUT2D eigenvalue weighted by molar-refractivity contribution is -0.0974. The number of primary amides is 1. The Balaban J connectivity index is 2.62. The fourth-order valence-corrected chi connectivity index (χ4v) is 1.25. The Labute approximate surface area is 64.4 Å². The SMILES string of the molecule is NC(=O)N1C(O)CCCC1O. The molecule has 0 aromatic carbocycles. The number of carbonyl (C=O) groups excluding carboxylic acids is 1. The second-order valence-corrected chi connectivity index (χ2v) is 2.64. The Morgan fingerprint density at radius 3 is 2.09 bits per heavy atom. The zero-order valence-corrected chi connectivity index (χ0v) is 6.10. The molecule has 11 heavy (non-hydrogen) atoms. The van der Waals surface area contributed by atoms with Crippen LogP contribution in [0.1, 0.15) is 19.3 Å². The van der Waals surface area contributed by atoms with Crippen molar-refractivity contribution in [3.05, 3.63) is 0 Å². The maximum Gasteiger partial charge on any atom is 0.318 e. The van der Waals surface area contributed by atoms with Crippen molar-refractivity contribution in [1.29, 1.82) is 0 Å². The van der Waals surface area contributed by atoms with Crippen LogP contribution in [0, 0.1) is 0 Å². The molecule has 1 heterocycles. The van der Waals surface area contributed by atoms with Crippen LogP contribution in [-0.4, -0.2) is 33.6 Å². The summed E-state index contributed by atoms with van der Waals surface area (Å²) in [6.45, 7) is 0. The van der Waals surface area contributed by atoms with Crippen LogP contribution < -0.4 is 5.73 Å². The molecule has 0 aromatic heterocycles. The molecule has 1 saturated heterocycles. The molecule has 4 N–H and O–H groups in total. The number of hydrogen-bond donors (Lipinski definition) is 3. The van der Waals surface area contributed by atoms with Gasteiger partial charge in [0.05, 0.1) is 0 Å². The molecule has 0 spiro atoms. The van der Waals surface area contributed by atoms with Crippen LogP contribution in [0.25, 0.3) is 0 Å². The number of urea groups is 1. The van der Waals surface area contributed by atoms with Crippen LogP contribution in [0.2, 0.25) is 0 Å². The van der Waals surface area contributed by atoms with Gasteiger partial charge in [0.1, 0.15) is 12.5 Å². The average molecular weight is 160 g/mol. The minimum absolute atomic E-state index is 0.486. The first-order chi connectivity index (χ1) is 5.13. The highest BCUT2D eigenvalue weighted by Crippen LogP contribution is 2.18. The van der Waals surface area contributed by atoms with Gasteiger partial charge >= 0.3 is 6.03 Å². The predicted octanol–water partition coefficient (Wildman–Crippen LogP) is -0.812. The molecule has 1 fully saturated rings. The number of carbonyl (C=O) groups is 1. The third-order valence-electron chi connectivity index (χ3n) is 1.82. The maximum absolute atomic E-state index is 10.6. The first-order valence-corrected chi connectivity index (χ1v) is 3.57. The van der Waals surface area contributed by atoms with E-state index in [4.69, 9.17) is 5.73 Å². The van der Waals surface area contributed by atoms with Gasteiger partial charge in [-0.05, 0) is 19.3 Å². The molecule has 0 bridgehead atoms. The van der Waals surface area contributed by atoms with Crippen LogP contribution >= 0.6 is 0 Å². The van der Waals surface area contributed by atoms with E-state index < -0.39 is 18.5 Å². The lowest BCUT2D eigenvalue weighted by atomic mass is 10.1. The van der Waals surface area contributed by atoms with Gasteiger partial charge in [-0.3, -0.25) is 4.90 Å². The Bertz CT molecular complexity index is 152. The molecular weight excluding hydrogens is 148 g/mol. The maximum atomic E-state index is 10.6. The Morgan fingerprint density at radius 2 is 1.82 bits per heavy atom. The van der Waals surface area contributed by atoms with Gasteiger partial charge in [0.2, 0.25) is 0 Å². The van der Waals surface area contributed by atoms with E-state index in [1.54, 1.807) is 0 Å². The molecule has 0 radical (unpaired) electrons. The van der Waals surface area contributed by atoms with Gasteiger partial charge in [0, 0.05) is 0 Å². The van der Waals surface area contributed by atoms with Gasteiger partial charge in [-0.15, -0.1) is 0 Å². The van der Waals surface area contributed by atoms with Gasteiger partial charge < -0.3 is 15.9 Å². The van der Waals surface area contributed by atoms with E-state index in [1.165, 1.54) is 0 Å². The van der Waals surface area contributed by atoms with E-state index in [1.807, 2.05) is 0 Å². The van der Waals surface area contributed by atoms with Crippen LogP contribution in [0.3, 0.4) is 0 Å². The second kappa shape index (κ2) is 3.06. The van der Waals surface area contributed by atoms with E-state index >= 15 is 0 Å². The Hall–Kier alpha value is -0.810. The van der Waals surface area contributed by atoms with Crippen LogP contribution in [-0.2, 0) is 0 Å². The number of nitrogens with zero attached hydrogens (tertiary/aromatic N) is 1. The highest BCUT2D eigenvalue weighted by Gasteiger charge is 2.29. The number of nitrogens with two attached hydrogens (primary N) is 1. The standard InChI is InChI=1S/C6H12N2O3/c7-6(11)8-4(9)2-1-3-5(8)10/h4-5,9-10H,1-3H2,(H2,7,11). The molecule has 64 valence electrons. The minimum Gasteiger partial charge on any atom is -0.373 e. The highest BCUT2D eigenvalue weighted by molar-refractivity contribution is 5.72. The Kier molecular flexibility index (Phi) is 2.31. The molecule has 5 heteroatoms. The molecule has 2 atom stereocenters. The topological polar surface area (TPSA) is 86.8 Å². The summed E-state index contributed by atoms with van der Waals surface area (Å²) in [6.07, 6.45) is -0.154. The van der Waals surface area contributed by atoms with Crippen molar-refractivity contribution in [2.45, 2.75) is 31.7 Å². The van der Waals surface area contributed by atoms with Crippen molar-refractivity contribution < 1.29 is 15.0 Å². The number of likely N-dealkylation sites (tertiary alicyclic amines) is 1. The lowest BCUT2D eigenvalue weighted by Gasteiger charge is -2.34. The number of piperidine rings is 1. The van der Waals surface area contributed by atoms with Crippen molar-refractivity contribution in [1.82, 2.24) is 4.90 Å². The van der Waals surface area contributed by atoms with E-state index in [9.17, 15) is 15.0 Å². The fraction of sp³-hybridized carbons (Fsp3) is 0.833. The third-order valence-corrected chi connectivity index (χ3v) is 1.82. The van der Waals surface area contributed by atoms with Gasteiger partial charge in [0.25, 0.3) is 0 Å². The largest absolute Gasteiger partial charge is 0.373 e. The number of rotatable bonds is 0. The van der Waals surface area contributed by atoms with Crippen LogP contribution in [0.4, 0.5) is 4.79 Å². The van der Waals surface area contributed by atoms with Crippen molar-refractivity contribution in [3.8, 4) is 0 Å². The summed E-state index contributed by atoms with van der Waals surface area (Å²) in [7, 11) is 0. The van der Waals surface area contributed by atoms with Gasteiger partial charge in [-0.1, -0.05) is 0 Å². The van der Waals surface area contributed by atoms with E-state index in [0.717, 1.165) is 4.90 Å². The summed E-state index contributed by atoms with van der Waals surface area (Å²) in [5.41, 5.74) is 4.92. The summed E-state index contributed by atoms with van der Waals surface area (Å²) in [6, 6.07) is -0.773. The molecule has 0 saturated carbocycles. The van der Waals surface area contributed by atoms with Crippen molar-refractivity contribution in [2.75, 3.05) is 0 Å². The first-order valence-electron chi connectivity index (χ1n) is 3.57. The zero-order chi connectivity index (χ0) is 8.43. The second-order valence-electron chi connectivity index (χ2n) is 2.64. The number of amides is 2. The third kappa shape index (κ3) is 1.61. The smallest absolute Gasteiger partial charge is 0.318 e. The minimum atomic E-state index is -0.920. The zero-order valence-electron chi connectivity index (χ0n) is 6.10. The predicted molar refractivity (Wildman–Crippen MR) is 37.3 cm³/mol. The summed E-state index contributed by atoms with van der Waals surface area (Å²) >= 11 is 0. The monoisotopic (exact) mass is 160 g/mol. The summed E-state index contributed by atoms with van der Waals surface area (Å²) in [5.74, 6) is 0. The molecule has 1 aliphatic heterocycles. The highest BCUT2D eigenvalue weighted by atomic mass is 16.3. The molecule has 0 aliphatic carbocycles. The van der Waals surface area contributed by atoms with Gasteiger partial charge in [0.15, 0.2) is 0 Å². The lowest BCUT2D eigenvalue weighted by Crippen LogP contribution is -2.52. The molecule has 1 aliphatic rings. The summed E-state index contributed by atoms with van der Waals surface area (Å²) in [5, 5.41) is 18.3. The quantitative estimate of drug-likeness (QED) is 0.433. The molecule has 2 amide bonds. The molecule has 5 nitrogen and oxygen atoms in total. The number of aliphatic hydroxyl groups is 2. The molecule has 0 aromatic rings. The van der Waals surface area contributed by atoms with E-state index in [-0.39, 0.29) is 0 Å². The molecule has 1 rings (SSSR count). The van der Waals surface area contributed by atoms with Crippen molar-refractivity contribution >= 4 is 6.03 Å².